The smallest absolute Gasteiger partial charge is 0.132 e. The third kappa shape index (κ3) is 2.55. The molecule has 0 aromatic carbocycles. The Kier molecular flexibility index (Phi) is 3.61. The summed E-state index contributed by atoms with van der Waals surface area (Å²) in [5, 5.41) is 9.49. The van der Waals surface area contributed by atoms with Crippen LogP contribution in [-0.2, 0) is 0 Å². The topological polar surface area (TPSA) is 39.9 Å². The molecule has 2 aliphatic rings. The van der Waals surface area contributed by atoms with Gasteiger partial charge < -0.3 is 4.90 Å². The molecule has 1 aliphatic carbocycles. The summed E-state index contributed by atoms with van der Waals surface area (Å²) in [7, 11) is 0. The number of hydrogen-bond donors (Lipinski definition) is 0. The van der Waals surface area contributed by atoms with Crippen molar-refractivity contribution in [1.82, 2.24) is 4.98 Å². The zero-order chi connectivity index (χ0) is 13.2. The van der Waals surface area contributed by atoms with Crippen LogP contribution in [0.2, 0.25) is 5.15 Å². The summed E-state index contributed by atoms with van der Waals surface area (Å²) in [6.07, 6.45) is 7.82. The van der Waals surface area contributed by atoms with Crippen LogP contribution in [0, 0.1) is 17.2 Å². The number of fused-ring (bicyclic) bond motifs is 1. The molecule has 0 amide bonds. The second-order valence-corrected chi connectivity index (χ2v) is 5.98. The number of aromatic nitrogens is 1. The van der Waals surface area contributed by atoms with Crippen molar-refractivity contribution in [1.29, 1.82) is 5.26 Å². The average Bonchev–Trinajstić information content (AvgIpc) is 2.46. The Morgan fingerprint density at radius 3 is 2.84 bits per heavy atom. The Balaban J connectivity index is 1.91. The lowest BCUT2D eigenvalue weighted by molar-refractivity contribution is 0.243. The minimum Gasteiger partial charge on any atom is -0.353 e. The minimum atomic E-state index is 0.423. The first kappa shape index (κ1) is 12.7. The van der Waals surface area contributed by atoms with Crippen molar-refractivity contribution in [2.45, 2.75) is 44.6 Å². The summed E-state index contributed by atoms with van der Waals surface area (Å²) in [4.78, 5) is 6.83. The van der Waals surface area contributed by atoms with E-state index in [0.717, 1.165) is 18.3 Å². The van der Waals surface area contributed by atoms with Gasteiger partial charge in [-0.15, -0.1) is 0 Å². The Bertz CT molecular complexity index is 507. The maximum atomic E-state index is 9.06. The molecule has 4 heteroatoms. The van der Waals surface area contributed by atoms with Gasteiger partial charge in [-0.25, -0.2) is 4.98 Å². The summed E-state index contributed by atoms with van der Waals surface area (Å²) in [5.74, 6) is 1.69. The quantitative estimate of drug-likeness (QED) is 0.733. The molecule has 2 unspecified atom stereocenters. The van der Waals surface area contributed by atoms with Gasteiger partial charge in [0, 0.05) is 12.6 Å². The highest BCUT2D eigenvalue weighted by atomic mass is 35.5. The molecule has 0 spiro atoms. The monoisotopic (exact) mass is 275 g/mol. The molecular formula is C15H18ClN3. The zero-order valence-electron chi connectivity index (χ0n) is 11.0. The minimum absolute atomic E-state index is 0.423. The van der Waals surface area contributed by atoms with Crippen LogP contribution in [0.1, 0.15) is 44.1 Å². The molecule has 2 atom stereocenters. The van der Waals surface area contributed by atoms with E-state index in [2.05, 4.69) is 16.0 Å². The van der Waals surface area contributed by atoms with Crippen LogP contribution >= 0.6 is 11.6 Å². The van der Waals surface area contributed by atoms with Crippen molar-refractivity contribution in [3.8, 4) is 6.07 Å². The molecule has 3 nitrogen and oxygen atoms in total. The van der Waals surface area contributed by atoms with Crippen LogP contribution < -0.4 is 4.90 Å². The predicted octanol–water partition coefficient (Wildman–Crippen LogP) is 3.77. The average molecular weight is 276 g/mol. The Hall–Kier alpha value is -1.27. The normalized spacial score (nSPS) is 26.6. The van der Waals surface area contributed by atoms with Gasteiger partial charge in [-0.2, -0.15) is 5.26 Å². The van der Waals surface area contributed by atoms with Crippen molar-refractivity contribution < 1.29 is 0 Å². The fourth-order valence-electron chi connectivity index (χ4n) is 3.60. The third-order valence-electron chi connectivity index (χ3n) is 4.45. The van der Waals surface area contributed by atoms with Gasteiger partial charge in [0.15, 0.2) is 0 Å². The number of pyridine rings is 1. The molecule has 0 N–H and O–H groups in total. The third-order valence-corrected chi connectivity index (χ3v) is 4.64. The van der Waals surface area contributed by atoms with E-state index in [0.29, 0.717) is 16.8 Å². The van der Waals surface area contributed by atoms with Crippen molar-refractivity contribution in [2.24, 2.45) is 5.92 Å². The summed E-state index contributed by atoms with van der Waals surface area (Å²) >= 11 is 6.03. The maximum absolute atomic E-state index is 9.06. The van der Waals surface area contributed by atoms with Crippen molar-refractivity contribution in [3.05, 3.63) is 22.8 Å². The van der Waals surface area contributed by atoms with Gasteiger partial charge in [0.1, 0.15) is 11.0 Å². The van der Waals surface area contributed by atoms with Gasteiger partial charge in [0.2, 0.25) is 0 Å². The highest BCUT2D eigenvalue weighted by molar-refractivity contribution is 6.29. The molecule has 2 fully saturated rings. The fourth-order valence-corrected chi connectivity index (χ4v) is 3.81. The van der Waals surface area contributed by atoms with Crippen LogP contribution in [0.3, 0.4) is 0 Å². The molecule has 100 valence electrons. The lowest BCUT2D eigenvalue weighted by Crippen LogP contribution is -2.47. The Labute approximate surface area is 119 Å². The fraction of sp³-hybridized carbons (Fsp3) is 0.600. The van der Waals surface area contributed by atoms with Gasteiger partial charge in [-0.1, -0.05) is 24.4 Å². The van der Waals surface area contributed by atoms with Gasteiger partial charge in [0.05, 0.1) is 11.6 Å². The first-order valence-corrected chi connectivity index (χ1v) is 7.50. The van der Waals surface area contributed by atoms with Gasteiger partial charge >= 0.3 is 0 Å². The van der Waals surface area contributed by atoms with E-state index >= 15 is 0 Å². The predicted molar refractivity (Wildman–Crippen MR) is 76.3 cm³/mol. The highest BCUT2D eigenvalue weighted by Crippen LogP contribution is 2.37. The van der Waals surface area contributed by atoms with Crippen LogP contribution in [0.5, 0.6) is 0 Å². The molecular weight excluding hydrogens is 258 g/mol. The van der Waals surface area contributed by atoms with Crippen molar-refractivity contribution in [2.75, 3.05) is 11.4 Å². The molecule has 1 aliphatic heterocycles. The van der Waals surface area contributed by atoms with E-state index in [1.165, 1.54) is 38.5 Å². The maximum Gasteiger partial charge on any atom is 0.132 e. The Morgan fingerprint density at radius 2 is 2.00 bits per heavy atom. The summed E-state index contributed by atoms with van der Waals surface area (Å²) in [5.41, 5.74) is 0.605. The van der Waals surface area contributed by atoms with Crippen molar-refractivity contribution in [3.63, 3.8) is 0 Å². The summed E-state index contributed by atoms with van der Waals surface area (Å²) < 4.78 is 0. The van der Waals surface area contributed by atoms with E-state index in [1.807, 2.05) is 6.07 Å². The molecule has 3 rings (SSSR count). The molecule has 1 aromatic heterocycles. The molecule has 1 saturated heterocycles. The molecule has 1 aromatic rings. The number of rotatable bonds is 1. The van der Waals surface area contributed by atoms with E-state index in [4.69, 9.17) is 16.9 Å². The second kappa shape index (κ2) is 5.38. The SMILES string of the molecule is N#Cc1cc(Cl)nc(N2CCCC3CCCCC32)c1. The lowest BCUT2D eigenvalue weighted by atomic mass is 9.78. The highest BCUT2D eigenvalue weighted by Gasteiger charge is 2.33. The molecule has 1 saturated carbocycles. The molecule has 0 bridgehead atoms. The zero-order valence-corrected chi connectivity index (χ0v) is 11.7. The molecule has 0 radical (unpaired) electrons. The molecule has 2 heterocycles. The number of hydrogen-bond acceptors (Lipinski definition) is 3. The Morgan fingerprint density at radius 1 is 1.21 bits per heavy atom. The van der Waals surface area contributed by atoms with Gasteiger partial charge in [-0.3, -0.25) is 0 Å². The number of piperidine rings is 1. The van der Waals surface area contributed by atoms with E-state index < -0.39 is 0 Å². The molecule has 19 heavy (non-hydrogen) atoms. The number of halogens is 1. The summed E-state index contributed by atoms with van der Waals surface area (Å²) in [6.45, 7) is 1.04. The van der Waals surface area contributed by atoms with Crippen LogP contribution in [-0.4, -0.2) is 17.6 Å². The lowest BCUT2D eigenvalue weighted by Gasteiger charge is -2.44. The number of anilines is 1. The largest absolute Gasteiger partial charge is 0.353 e. The number of nitrogens with zero attached hydrogens (tertiary/aromatic N) is 3. The van der Waals surface area contributed by atoms with Gasteiger partial charge in [0.25, 0.3) is 0 Å². The first-order chi connectivity index (χ1) is 9.28. The standard InChI is InChI=1S/C15H18ClN3/c16-14-8-11(10-17)9-15(18-14)19-7-3-5-12-4-1-2-6-13(12)19/h8-9,12-13H,1-7H2. The van der Waals surface area contributed by atoms with E-state index in [1.54, 1.807) is 6.07 Å². The van der Waals surface area contributed by atoms with Crippen LogP contribution in [0.25, 0.3) is 0 Å². The van der Waals surface area contributed by atoms with Crippen LogP contribution in [0.4, 0.5) is 5.82 Å². The van der Waals surface area contributed by atoms with Gasteiger partial charge in [-0.05, 0) is 43.7 Å². The number of nitriles is 1. The van der Waals surface area contributed by atoms with Crippen molar-refractivity contribution >= 4 is 17.4 Å². The summed E-state index contributed by atoms with van der Waals surface area (Å²) in [6, 6.07) is 6.28. The second-order valence-electron chi connectivity index (χ2n) is 5.60. The van der Waals surface area contributed by atoms with Crippen LogP contribution in [0.15, 0.2) is 12.1 Å². The van der Waals surface area contributed by atoms with E-state index in [9.17, 15) is 0 Å². The first-order valence-electron chi connectivity index (χ1n) is 7.12. The van der Waals surface area contributed by atoms with E-state index in [-0.39, 0.29) is 0 Å².